The zero-order chi connectivity index (χ0) is 6.41. The standard InChI is InChI=1S/C5H11FO2/c1-3-7-5(6)8-4-2/h5H,3-4H2,1-2H3. The Labute approximate surface area is 48.6 Å². The SMILES string of the molecule is CCOC(F)OCC. The number of halogens is 1. The van der Waals surface area contributed by atoms with Crippen LogP contribution in [0.15, 0.2) is 0 Å². The van der Waals surface area contributed by atoms with Crippen LogP contribution in [0.1, 0.15) is 13.8 Å². The van der Waals surface area contributed by atoms with Gasteiger partial charge in [0.2, 0.25) is 0 Å². The molecule has 0 aromatic carbocycles. The zero-order valence-electron chi connectivity index (χ0n) is 5.19. The minimum absolute atomic E-state index is 0.348. The predicted octanol–water partition coefficient (Wildman–Crippen LogP) is 1.31. The first-order valence-corrected chi connectivity index (χ1v) is 2.68. The molecule has 0 N–H and O–H groups in total. The van der Waals surface area contributed by atoms with Gasteiger partial charge in [-0.2, -0.15) is 4.39 Å². The summed E-state index contributed by atoms with van der Waals surface area (Å²) in [6.45, 7) is 2.59. The van der Waals surface area contributed by atoms with Crippen LogP contribution in [0, 0.1) is 0 Å². The molecule has 0 saturated heterocycles. The summed E-state index contributed by atoms with van der Waals surface area (Å²) in [7, 11) is 0. The normalized spacial score (nSPS) is 10.5. The average Bonchev–Trinajstić information content (AvgIpc) is 1.68. The van der Waals surface area contributed by atoms with Crippen LogP contribution in [0.2, 0.25) is 0 Å². The van der Waals surface area contributed by atoms with Crippen LogP contribution in [0.4, 0.5) is 4.39 Å². The largest absolute Gasteiger partial charge is 0.327 e. The highest BCUT2D eigenvalue weighted by Gasteiger charge is 2.00. The molecule has 0 spiro atoms. The van der Waals surface area contributed by atoms with Gasteiger partial charge in [0.25, 0.3) is 0 Å². The van der Waals surface area contributed by atoms with E-state index in [0.717, 1.165) is 0 Å². The molecular formula is C5H11FO2. The molecule has 0 aliphatic carbocycles. The molecule has 0 aliphatic rings. The van der Waals surface area contributed by atoms with Crippen molar-refractivity contribution >= 4 is 0 Å². The Kier molecular flexibility index (Phi) is 4.90. The Morgan fingerprint density at radius 3 is 1.88 bits per heavy atom. The smallest absolute Gasteiger partial charge is 0.309 e. The lowest BCUT2D eigenvalue weighted by molar-refractivity contribution is -0.213. The van der Waals surface area contributed by atoms with Gasteiger partial charge in [-0.1, -0.05) is 0 Å². The lowest BCUT2D eigenvalue weighted by Crippen LogP contribution is -2.10. The predicted molar refractivity (Wildman–Crippen MR) is 28.1 cm³/mol. The molecule has 0 unspecified atom stereocenters. The fraction of sp³-hybridized carbons (Fsp3) is 1.00. The van der Waals surface area contributed by atoms with Crippen molar-refractivity contribution < 1.29 is 13.9 Å². The summed E-state index contributed by atoms with van der Waals surface area (Å²) in [6.07, 6.45) is 0. The molecule has 0 radical (unpaired) electrons. The zero-order valence-corrected chi connectivity index (χ0v) is 5.19. The van der Waals surface area contributed by atoms with Crippen LogP contribution < -0.4 is 0 Å². The molecule has 3 heteroatoms. The van der Waals surface area contributed by atoms with Crippen molar-refractivity contribution in [3.63, 3.8) is 0 Å². The third kappa shape index (κ3) is 4.02. The van der Waals surface area contributed by atoms with Crippen molar-refractivity contribution in [1.29, 1.82) is 0 Å². The highest BCUT2D eigenvalue weighted by molar-refractivity contribution is 4.16. The molecular weight excluding hydrogens is 111 g/mol. The van der Waals surface area contributed by atoms with Crippen LogP contribution in [-0.2, 0) is 9.47 Å². The van der Waals surface area contributed by atoms with Gasteiger partial charge in [0.05, 0.1) is 0 Å². The van der Waals surface area contributed by atoms with Gasteiger partial charge in [0, 0.05) is 13.2 Å². The quantitative estimate of drug-likeness (QED) is 0.523. The second kappa shape index (κ2) is 5.00. The van der Waals surface area contributed by atoms with E-state index in [1.165, 1.54) is 0 Å². The summed E-state index contributed by atoms with van der Waals surface area (Å²) >= 11 is 0. The third-order valence-corrected chi connectivity index (χ3v) is 0.595. The minimum Gasteiger partial charge on any atom is -0.327 e. The van der Waals surface area contributed by atoms with Crippen LogP contribution in [0.5, 0.6) is 0 Å². The topological polar surface area (TPSA) is 18.5 Å². The van der Waals surface area contributed by atoms with Gasteiger partial charge in [0.1, 0.15) is 0 Å². The van der Waals surface area contributed by atoms with Gasteiger partial charge in [-0.25, -0.2) is 0 Å². The molecule has 0 heterocycles. The van der Waals surface area contributed by atoms with Crippen molar-refractivity contribution in [2.24, 2.45) is 0 Å². The summed E-state index contributed by atoms with van der Waals surface area (Å²) in [6, 6.07) is 0. The lowest BCUT2D eigenvalue weighted by Gasteiger charge is -2.05. The third-order valence-electron chi connectivity index (χ3n) is 0.595. The van der Waals surface area contributed by atoms with E-state index in [1.54, 1.807) is 13.8 Å². The summed E-state index contributed by atoms with van der Waals surface area (Å²) in [5.41, 5.74) is 0. The van der Waals surface area contributed by atoms with Crippen LogP contribution in [0.3, 0.4) is 0 Å². The molecule has 0 amide bonds. The Morgan fingerprint density at radius 1 is 1.25 bits per heavy atom. The maximum absolute atomic E-state index is 12.0. The summed E-state index contributed by atoms with van der Waals surface area (Å²) < 4.78 is 20.7. The molecule has 8 heavy (non-hydrogen) atoms. The second-order valence-electron chi connectivity index (χ2n) is 1.19. The van der Waals surface area contributed by atoms with Crippen LogP contribution >= 0.6 is 0 Å². The van der Waals surface area contributed by atoms with E-state index < -0.39 is 6.54 Å². The Hall–Kier alpha value is -0.150. The van der Waals surface area contributed by atoms with E-state index in [0.29, 0.717) is 13.2 Å². The molecule has 0 fully saturated rings. The molecule has 0 aliphatic heterocycles. The Bertz CT molecular complexity index is 43.7. The van der Waals surface area contributed by atoms with E-state index in [9.17, 15) is 4.39 Å². The van der Waals surface area contributed by atoms with E-state index in [1.807, 2.05) is 0 Å². The van der Waals surface area contributed by atoms with Gasteiger partial charge >= 0.3 is 6.54 Å². The van der Waals surface area contributed by atoms with Gasteiger partial charge in [-0.05, 0) is 13.8 Å². The van der Waals surface area contributed by atoms with E-state index in [2.05, 4.69) is 9.47 Å². The maximum Gasteiger partial charge on any atom is 0.309 e. The van der Waals surface area contributed by atoms with Gasteiger partial charge in [0.15, 0.2) is 0 Å². The second-order valence-corrected chi connectivity index (χ2v) is 1.19. The first-order chi connectivity index (χ1) is 3.81. The first-order valence-electron chi connectivity index (χ1n) is 2.68. The van der Waals surface area contributed by atoms with E-state index >= 15 is 0 Å². The molecule has 2 nitrogen and oxygen atoms in total. The van der Waals surface area contributed by atoms with Crippen molar-refractivity contribution in [1.82, 2.24) is 0 Å². The molecule has 0 aromatic rings. The number of hydrogen-bond donors (Lipinski definition) is 0. The van der Waals surface area contributed by atoms with Gasteiger partial charge in [-0.15, -0.1) is 0 Å². The number of rotatable bonds is 4. The minimum atomic E-state index is -1.54. The van der Waals surface area contributed by atoms with Crippen molar-refractivity contribution in [2.75, 3.05) is 13.2 Å². The van der Waals surface area contributed by atoms with Crippen LogP contribution in [0.25, 0.3) is 0 Å². The highest BCUT2D eigenvalue weighted by Crippen LogP contribution is 1.93. The molecule has 0 rings (SSSR count). The lowest BCUT2D eigenvalue weighted by atomic mass is 10.8. The van der Waals surface area contributed by atoms with E-state index in [-0.39, 0.29) is 0 Å². The molecule has 0 bridgehead atoms. The average molecular weight is 122 g/mol. The monoisotopic (exact) mass is 122 g/mol. The van der Waals surface area contributed by atoms with E-state index in [4.69, 9.17) is 0 Å². The molecule has 0 aromatic heterocycles. The van der Waals surface area contributed by atoms with Crippen molar-refractivity contribution in [3.05, 3.63) is 0 Å². The summed E-state index contributed by atoms with van der Waals surface area (Å²) in [5, 5.41) is 0. The number of hydrogen-bond acceptors (Lipinski definition) is 2. The fourth-order valence-corrected chi connectivity index (χ4v) is 0.310. The molecule has 0 atom stereocenters. The summed E-state index contributed by atoms with van der Waals surface area (Å²) in [4.78, 5) is 0. The van der Waals surface area contributed by atoms with Crippen molar-refractivity contribution in [3.8, 4) is 0 Å². The summed E-state index contributed by atoms with van der Waals surface area (Å²) in [5.74, 6) is 0. The van der Waals surface area contributed by atoms with Crippen LogP contribution in [-0.4, -0.2) is 19.8 Å². The first kappa shape index (κ1) is 7.85. The number of ether oxygens (including phenoxy) is 2. The van der Waals surface area contributed by atoms with Crippen molar-refractivity contribution in [2.45, 2.75) is 20.4 Å². The molecule has 50 valence electrons. The molecule has 0 saturated carbocycles. The fourth-order valence-electron chi connectivity index (χ4n) is 0.310. The highest BCUT2D eigenvalue weighted by atomic mass is 19.2. The van der Waals surface area contributed by atoms with Gasteiger partial charge < -0.3 is 9.47 Å². The Balaban J connectivity index is 2.92. The Morgan fingerprint density at radius 2 is 1.62 bits per heavy atom. The number of alkyl halides is 1. The maximum atomic E-state index is 12.0. The van der Waals surface area contributed by atoms with Gasteiger partial charge in [-0.3, -0.25) is 0 Å².